The first-order valence-corrected chi connectivity index (χ1v) is 8.68. The van der Waals surface area contributed by atoms with Crippen molar-refractivity contribution in [1.29, 1.82) is 0 Å². The molecule has 0 radical (unpaired) electrons. The van der Waals surface area contributed by atoms with Crippen molar-refractivity contribution in [1.82, 2.24) is 10.2 Å². The smallest absolute Gasteiger partial charge is 0.0108 e. The highest BCUT2D eigenvalue weighted by Gasteiger charge is 2.31. The summed E-state index contributed by atoms with van der Waals surface area (Å²) in [4.78, 5) is 2.72. The van der Waals surface area contributed by atoms with Crippen LogP contribution in [-0.2, 0) is 0 Å². The molecule has 0 spiro atoms. The second kappa shape index (κ2) is 7.64. The monoisotopic (exact) mass is 266 g/mol. The summed E-state index contributed by atoms with van der Waals surface area (Å²) in [6, 6.07) is 0.782. The minimum atomic E-state index is 0.782. The number of hydrogen-bond donors (Lipinski definition) is 1. The van der Waals surface area contributed by atoms with Crippen molar-refractivity contribution < 1.29 is 0 Å². The molecule has 0 aromatic rings. The molecule has 2 aliphatic carbocycles. The van der Waals surface area contributed by atoms with E-state index < -0.39 is 0 Å². The molecule has 0 aromatic carbocycles. The molecule has 0 amide bonds. The van der Waals surface area contributed by atoms with Crippen LogP contribution < -0.4 is 5.32 Å². The molecule has 3 atom stereocenters. The topological polar surface area (TPSA) is 15.3 Å². The molecule has 0 heterocycles. The van der Waals surface area contributed by atoms with E-state index in [1.165, 1.54) is 64.7 Å². The summed E-state index contributed by atoms with van der Waals surface area (Å²) in [6.45, 7) is 12.2. The standard InChI is InChI=1S/C17H34N2/c1-4-10-18-17-9-6-14(3)11-16(17)13-19(5-2)12-15-7-8-15/h14-18H,4-13H2,1-3H3. The number of rotatable bonds is 8. The summed E-state index contributed by atoms with van der Waals surface area (Å²) in [5, 5.41) is 3.81. The summed E-state index contributed by atoms with van der Waals surface area (Å²) in [6.07, 6.45) is 8.48. The van der Waals surface area contributed by atoms with E-state index in [0.717, 1.165) is 23.8 Å². The fraction of sp³-hybridized carbons (Fsp3) is 1.00. The first-order valence-electron chi connectivity index (χ1n) is 8.68. The molecule has 3 unspecified atom stereocenters. The predicted molar refractivity (Wildman–Crippen MR) is 83.4 cm³/mol. The quantitative estimate of drug-likeness (QED) is 0.723. The predicted octanol–water partition coefficient (Wildman–Crippen LogP) is 3.52. The lowest BCUT2D eigenvalue weighted by Crippen LogP contribution is -2.46. The summed E-state index contributed by atoms with van der Waals surface area (Å²) < 4.78 is 0. The van der Waals surface area contributed by atoms with Crippen LogP contribution in [0.5, 0.6) is 0 Å². The average molecular weight is 266 g/mol. The van der Waals surface area contributed by atoms with Gasteiger partial charge in [-0.15, -0.1) is 0 Å². The molecule has 2 heteroatoms. The first-order chi connectivity index (χ1) is 9.22. The van der Waals surface area contributed by atoms with Gasteiger partial charge < -0.3 is 10.2 Å². The van der Waals surface area contributed by atoms with Gasteiger partial charge in [0.05, 0.1) is 0 Å². The highest BCUT2D eigenvalue weighted by molar-refractivity contribution is 4.86. The zero-order chi connectivity index (χ0) is 13.7. The van der Waals surface area contributed by atoms with Gasteiger partial charge in [-0.1, -0.05) is 20.8 Å². The molecule has 0 bridgehead atoms. The Labute approximate surface area is 120 Å². The van der Waals surface area contributed by atoms with Gasteiger partial charge in [0.1, 0.15) is 0 Å². The first kappa shape index (κ1) is 15.3. The molecule has 19 heavy (non-hydrogen) atoms. The minimum absolute atomic E-state index is 0.782. The van der Waals surface area contributed by atoms with Gasteiger partial charge in [-0.3, -0.25) is 0 Å². The summed E-state index contributed by atoms with van der Waals surface area (Å²) in [7, 11) is 0. The molecule has 2 aliphatic rings. The van der Waals surface area contributed by atoms with E-state index in [0.29, 0.717) is 0 Å². The van der Waals surface area contributed by atoms with E-state index in [-0.39, 0.29) is 0 Å². The van der Waals surface area contributed by atoms with Crippen LogP contribution in [0.4, 0.5) is 0 Å². The molecule has 2 nitrogen and oxygen atoms in total. The van der Waals surface area contributed by atoms with Crippen LogP contribution in [0, 0.1) is 17.8 Å². The zero-order valence-electron chi connectivity index (χ0n) is 13.3. The van der Waals surface area contributed by atoms with Gasteiger partial charge in [0.15, 0.2) is 0 Å². The Morgan fingerprint density at radius 1 is 1.05 bits per heavy atom. The normalized spacial score (nSPS) is 31.9. The van der Waals surface area contributed by atoms with Crippen molar-refractivity contribution >= 4 is 0 Å². The van der Waals surface area contributed by atoms with Crippen molar-refractivity contribution in [3.8, 4) is 0 Å². The number of nitrogens with one attached hydrogen (secondary N) is 1. The number of hydrogen-bond acceptors (Lipinski definition) is 2. The largest absolute Gasteiger partial charge is 0.314 e. The Bertz CT molecular complexity index is 248. The maximum atomic E-state index is 3.81. The lowest BCUT2D eigenvalue weighted by Gasteiger charge is -2.38. The van der Waals surface area contributed by atoms with Crippen molar-refractivity contribution in [3.05, 3.63) is 0 Å². The van der Waals surface area contributed by atoms with Gasteiger partial charge in [-0.2, -0.15) is 0 Å². The van der Waals surface area contributed by atoms with Crippen LogP contribution in [0.15, 0.2) is 0 Å². The van der Waals surface area contributed by atoms with E-state index >= 15 is 0 Å². The molecule has 0 aromatic heterocycles. The highest BCUT2D eigenvalue weighted by atomic mass is 15.1. The van der Waals surface area contributed by atoms with Crippen LogP contribution in [0.3, 0.4) is 0 Å². The van der Waals surface area contributed by atoms with Gasteiger partial charge in [-0.25, -0.2) is 0 Å². The van der Waals surface area contributed by atoms with Crippen molar-refractivity contribution in [3.63, 3.8) is 0 Å². The Kier molecular flexibility index (Phi) is 6.15. The second-order valence-electron chi connectivity index (χ2n) is 7.03. The summed E-state index contributed by atoms with van der Waals surface area (Å²) in [5.74, 6) is 2.85. The molecule has 2 saturated carbocycles. The van der Waals surface area contributed by atoms with Gasteiger partial charge in [0.2, 0.25) is 0 Å². The molecule has 1 N–H and O–H groups in total. The summed E-state index contributed by atoms with van der Waals surface area (Å²) >= 11 is 0. The Hall–Kier alpha value is -0.0800. The number of nitrogens with zero attached hydrogens (tertiary/aromatic N) is 1. The van der Waals surface area contributed by atoms with Crippen LogP contribution in [0.1, 0.15) is 59.3 Å². The molecular formula is C17H34N2. The van der Waals surface area contributed by atoms with Gasteiger partial charge in [0.25, 0.3) is 0 Å². The van der Waals surface area contributed by atoms with E-state index in [1.807, 2.05) is 0 Å². The highest BCUT2D eigenvalue weighted by Crippen LogP contribution is 2.32. The molecule has 2 fully saturated rings. The Balaban J connectivity index is 1.83. The lowest BCUT2D eigenvalue weighted by molar-refractivity contribution is 0.145. The van der Waals surface area contributed by atoms with Gasteiger partial charge in [-0.05, 0) is 69.4 Å². The van der Waals surface area contributed by atoms with E-state index in [2.05, 4.69) is 31.0 Å². The van der Waals surface area contributed by atoms with Gasteiger partial charge in [0, 0.05) is 19.1 Å². The Morgan fingerprint density at radius 2 is 1.84 bits per heavy atom. The van der Waals surface area contributed by atoms with Crippen LogP contribution in [-0.4, -0.2) is 37.1 Å². The van der Waals surface area contributed by atoms with Crippen LogP contribution in [0.25, 0.3) is 0 Å². The summed E-state index contributed by atoms with van der Waals surface area (Å²) in [5.41, 5.74) is 0. The van der Waals surface area contributed by atoms with E-state index in [4.69, 9.17) is 0 Å². The second-order valence-corrected chi connectivity index (χ2v) is 7.03. The minimum Gasteiger partial charge on any atom is -0.314 e. The zero-order valence-corrected chi connectivity index (χ0v) is 13.3. The Morgan fingerprint density at radius 3 is 2.47 bits per heavy atom. The third kappa shape index (κ3) is 5.07. The maximum Gasteiger partial charge on any atom is 0.0108 e. The van der Waals surface area contributed by atoms with Crippen molar-refractivity contribution in [2.75, 3.05) is 26.2 Å². The van der Waals surface area contributed by atoms with Crippen LogP contribution in [0.2, 0.25) is 0 Å². The van der Waals surface area contributed by atoms with E-state index in [9.17, 15) is 0 Å². The fourth-order valence-electron chi connectivity index (χ4n) is 3.63. The third-order valence-corrected chi connectivity index (χ3v) is 5.05. The molecule has 0 saturated heterocycles. The molecule has 2 rings (SSSR count). The molecule has 112 valence electrons. The molecule has 0 aliphatic heterocycles. The van der Waals surface area contributed by atoms with E-state index in [1.54, 1.807) is 0 Å². The fourth-order valence-corrected chi connectivity index (χ4v) is 3.63. The van der Waals surface area contributed by atoms with Gasteiger partial charge >= 0.3 is 0 Å². The molecular weight excluding hydrogens is 232 g/mol. The average Bonchev–Trinajstić information content (AvgIpc) is 3.21. The maximum absolute atomic E-state index is 3.81. The lowest BCUT2D eigenvalue weighted by atomic mass is 9.78. The van der Waals surface area contributed by atoms with Crippen molar-refractivity contribution in [2.45, 2.75) is 65.3 Å². The van der Waals surface area contributed by atoms with Crippen molar-refractivity contribution in [2.24, 2.45) is 17.8 Å². The third-order valence-electron chi connectivity index (χ3n) is 5.05. The SMILES string of the molecule is CCCNC1CCC(C)CC1CN(CC)CC1CC1. The van der Waals surface area contributed by atoms with Crippen LogP contribution >= 0.6 is 0 Å².